The number of hydrogen-bond acceptors (Lipinski definition) is 2. The van der Waals surface area contributed by atoms with Gasteiger partial charge in [-0.05, 0) is 42.5 Å². The average molecular weight is 338 g/mol. The van der Waals surface area contributed by atoms with Gasteiger partial charge in [-0.15, -0.1) is 11.3 Å². The first-order valence-corrected chi connectivity index (χ1v) is 8.40. The van der Waals surface area contributed by atoms with Gasteiger partial charge in [-0.2, -0.15) is 0 Å². The highest BCUT2D eigenvalue weighted by Gasteiger charge is 2.15. The van der Waals surface area contributed by atoms with E-state index < -0.39 is 0 Å². The van der Waals surface area contributed by atoms with Crippen molar-refractivity contribution in [1.29, 1.82) is 0 Å². The third kappa shape index (κ3) is 3.91. The summed E-state index contributed by atoms with van der Waals surface area (Å²) in [7, 11) is 0. The first-order chi connectivity index (χ1) is 9.22. The standard InChI is InChI=1S/C16H20BrNS/c1-3-9-18-15(11-13-7-5-10-19-13)14-8-4-6-12(2)16(14)17/h4-8,10,15,18H,3,9,11H2,1-2H3. The quantitative estimate of drug-likeness (QED) is 0.772. The van der Waals surface area contributed by atoms with Crippen molar-refractivity contribution in [1.82, 2.24) is 5.32 Å². The van der Waals surface area contributed by atoms with Gasteiger partial charge < -0.3 is 5.32 Å². The van der Waals surface area contributed by atoms with E-state index in [2.05, 4.69) is 70.8 Å². The Morgan fingerprint density at radius 2 is 2.11 bits per heavy atom. The molecule has 1 nitrogen and oxygen atoms in total. The molecular formula is C16H20BrNS. The summed E-state index contributed by atoms with van der Waals surface area (Å²) < 4.78 is 1.24. The maximum absolute atomic E-state index is 3.74. The molecule has 19 heavy (non-hydrogen) atoms. The van der Waals surface area contributed by atoms with Crippen LogP contribution in [0.25, 0.3) is 0 Å². The minimum absolute atomic E-state index is 0.382. The second-order valence-corrected chi connectivity index (χ2v) is 6.59. The lowest BCUT2D eigenvalue weighted by Crippen LogP contribution is -2.24. The molecule has 0 aliphatic rings. The van der Waals surface area contributed by atoms with Gasteiger partial charge in [0.15, 0.2) is 0 Å². The molecular weight excluding hydrogens is 318 g/mol. The molecule has 1 unspecified atom stereocenters. The molecule has 0 aliphatic heterocycles. The molecule has 0 spiro atoms. The van der Waals surface area contributed by atoms with Crippen molar-refractivity contribution in [3.05, 3.63) is 56.2 Å². The van der Waals surface area contributed by atoms with E-state index in [1.165, 1.54) is 20.5 Å². The fraction of sp³-hybridized carbons (Fsp3) is 0.375. The van der Waals surface area contributed by atoms with Gasteiger partial charge in [0, 0.05) is 21.8 Å². The minimum Gasteiger partial charge on any atom is -0.310 e. The highest BCUT2D eigenvalue weighted by atomic mass is 79.9. The molecule has 0 saturated heterocycles. The number of rotatable bonds is 6. The summed E-state index contributed by atoms with van der Waals surface area (Å²) in [4.78, 5) is 1.43. The highest BCUT2D eigenvalue weighted by molar-refractivity contribution is 9.10. The van der Waals surface area contributed by atoms with Gasteiger partial charge in [0.05, 0.1) is 0 Å². The summed E-state index contributed by atoms with van der Waals surface area (Å²) in [5.41, 5.74) is 2.66. The van der Waals surface area contributed by atoms with Crippen molar-refractivity contribution in [3.8, 4) is 0 Å². The lowest BCUT2D eigenvalue weighted by atomic mass is 10.0. The van der Waals surface area contributed by atoms with Crippen molar-refractivity contribution in [2.75, 3.05) is 6.54 Å². The topological polar surface area (TPSA) is 12.0 Å². The van der Waals surface area contributed by atoms with Crippen LogP contribution in [-0.2, 0) is 6.42 Å². The smallest absolute Gasteiger partial charge is 0.0380 e. The lowest BCUT2D eigenvalue weighted by Gasteiger charge is -2.20. The van der Waals surface area contributed by atoms with E-state index in [0.29, 0.717) is 6.04 Å². The summed E-state index contributed by atoms with van der Waals surface area (Å²) in [5, 5.41) is 5.82. The van der Waals surface area contributed by atoms with Crippen LogP contribution in [0, 0.1) is 6.92 Å². The normalized spacial score (nSPS) is 12.6. The van der Waals surface area contributed by atoms with Gasteiger partial charge in [0.25, 0.3) is 0 Å². The van der Waals surface area contributed by atoms with Gasteiger partial charge >= 0.3 is 0 Å². The van der Waals surface area contributed by atoms with E-state index in [4.69, 9.17) is 0 Å². The Balaban J connectivity index is 2.23. The molecule has 0 radical (unpaired) electrons. The van der Waals surface area contributed by atoms with E-state index in [-0.39, 0.29) is 0 Å². The Bertz CT molecular complexity index is 507. The molecule has 0 aliphatic carbocycles. The molecule has 1 aromatic heterocycles. The van der Waals surface area contributed by atoms with E-state index in [9.17, 15) is 0 Å². The zero-order valence-corrected chi connectivity index (χ0v) is 13.9. The summed E-state index contributed by atoms with van der Waals surface area (Å²) in [6.45, 7) is 5.41. The maximum Gasteiger partial charge on any atom is 0.0380 e. The average Bonchev–Trinajstić information content (AvgIpc) is 2.91. The molecule has 2 aromatic rings. The fourth-order valence-corrected chi connectivity index (χ4v) is 3.47. The van der Waals surface area contributed by atoms with Gasteiger partial charge in [0.2, 0.25) is 0 Å². The summed E-state index contributed by atoms with van der Waals surface area (Å²) >= 11 is 5.57. The lowest BCUT2D eigenvalue weighted by molar-refractivity contribution is 0.530. The van der Waals surface area contributed by atoms with Crippen LogP contribution in [0.3, 0.4) is 0 Å². The fourth-order valence-electron chi connectivity index (χ4n) is 2.18. The largest absolute Gasteiger partial charge is 0.310 e. The van der Waals surface area contributed by atoms with Gasteiger partial charge in [0.1, 0.15) is 0 Å². The Kier molecular flexibility index (Phi) is 5.61. The molecule has 1 atom stereocenters. The van der Waals surface area contributed by atoms with Crippen molar-refractivity contribution >= 4 is 27.3 Å². The third-order valence-corrected chi connectivity index (χ3v) is 5.21. The van der Waals surface area contributed by atoms with Crippen LogP contribution < -0.4 is 5.32 Å². The molecule has 0 saturated carbocycles. The highest BCUT2D eigenvalue weighted by Crippen LogP contribution is 2.29. The Morgan fingerprint density at radius 3 is 2.79 bits per heavy atom. The Hall–Kier alpha value is -0.640. The SMILES string of the molecule is CCCNC(Cc1cccs1)c1cccc(C)c1Br. The van der Waals surface area contributed by atoms with E-state index in [0.717, 1.165) is 19.4 Å². The first kappa shape index (κ1) is 14.8. The zero-order valence-electron chi connectivity index (χ0n) is 11.4. The predicted molar refractivity (Wildman–Crippen MR) is 87.9 cm³/mol. The molecule has 1 heterocycles. The summed E-state index contributed by atoms with van der Waals surface area (Å²) in [5.74, 6) is 0. The minimum atomic E-state index is 0.382. The molecule has 1 aromatic carbocycles. The molecule has 3 heteroatoms. The zero-order chi connectivity index (χ0) is 13.7. The van der Waals surface area contributed by atoms with Crippen LogP contribution in [0.2, 0.25) is 0 Å². The summed E-state index contributed by atoms with van der Waals surface area (Å²) in [6.07, 6.45) is 2.21. The number of thiophene rings is 1. The van der Waals surface area contributed by atoms with Crippen LogP contribution >= 0.6 is 27.3 Å². The maximum atomic E-state index is 3.74. The third-order valence-electron chi connectivity index (χ3n) is 3.22. The molecule has 0 amide bonds. The van der Waals surface area contributed by atoms with E-state index in [1.807, 2.05) is 11.3 Å². The molecule has 102 valence electrons. The second kappa shape index (κ2) is 7.22. The van der Waals surface area contributed by atoms with E-state index >= 15 is 0 Å². The predicted octanol–water partition coefficient (Wildman–Crippen LogP) is 5.10. The first-order valence-electron chi connectivity index (χ1n) is 6.73. The van der Waals surface area contributed by atoms with Crippen LogP contribution in [0.1, 0.15) is 35.4 Å². The number of nitrogens with one attached hydrogen (secondary N) is 1. The number of benzene rings is 1. The number of halogens is 1. The Morgan fingerprint density at radius 1 is 1.26 bits per heavy atom. The van der Waals surface area contributed by atoms with Crippen LogP contribution in [0.5, 0.6) is 0 Å². The molecule has 0 bridgehead atoms. The van der Waals surface area contributed by atoms with Crippen molar-refractivity contribution in [2.24, 2.45) is 0 Å². The molecule has 2 rings (SSSR count). The van der Waals surface area contributed by atoms with Crippen LogP contribution in [-0.4, -0.2) is 6.54 Å². The van der Waals surface area contributed by atoms with Gasteiger partial charge in [-0.25, -0.2) is 0 Å². The van der Waals surface area contributed by atoms with Crippen LogP contribution in [0.15, 0.2) is 40.2 Å². The van der Waals surface area contributed by atoms with Crippen LogP contribution in [0.4, 0.5) is 0 Å². The van der Waals surface area contributed by atoms with Gasteiger partial charge in [-0.1, -0.05) is 47.1 Å². The van der Waals surface area contributed by atoms with Crippen molar-refractivity contribution < 1.29 is 0 Å². The Labute approximate surface area is 128 Å². The monoisotopic (exact) mass is 337 g/mol. The number of hydrogen-bond donors (Lipinski definition) is 1. The van der Waals surface area contributed by atoms with Gasteiger partial charge in [-0.3, -0.25) is 0 Å². The molecule has 1 N–H and O–H groups in total. The molecule has 0 fully saturated rings. The van der Waals surface area contributed by atoms with E-state index in [1.54, 1.807) is 0 Å². The van der Waals surface area contributed by atoms with Crippen molar-refractivity contribution in [2.45, 2.75) is 32.7 Å². The van der Waals surface area contributed by atoms with Crippen molar-refractivity contribution in [3.63, 3.8) is 0 Å². The summed E-state index contributed by atoms with van der Waals surface area (Å²) in [6, 6.07) is 11.2. The number of aryl methyl sites for hydroxylation is 1. The second-order valence-electron chi connectivity index (χ2n) is 4.77.